The first-order chi connectivity index (χ1) is 17.7. The highest BCUT2D eigenvalue weighted by molar-refractivity contribution is 7.48. The maximum absolute atomic E-state index is 6.74. The van der Waals surface area contributed by atoms with Crippen molar-refractivity contribution in [3.8, 4) is 5.75 Å². The van der Waals surface area contributed by atoms with Crippen LogP contribution in [0.2, 0.25) is 0 Å². The SMILES string of the molecule is CCC(CC)(Pc1ccccc1CNC)c1cccc(Cc2ccccc2)c1OCc1ccccc1. The van der Waals surface area contributed by atoms with Gasteiger partial charge in [0.1, 0.15) is 12.4 Å². The van der Waals surface area contributed by atoms with Crippen LogP contribution >= 0.6 is 8.58 Å². The van der Waals surface area contributed by atoms with Gasteiger partial charge >= 0.3 is 0 Å². The predicted molar refractivity (Wildman–Crippen MR) is 156 cm³/mol. The van der Waals surface area contributed by atoms with E-state index >= 15 is 0 Å². The number of benzene rings is 4. The van der Waals surface area contributed by atoms with E-state index in [-0.39, 0.29) is 5.16 Å². The number of nitrogens with one attached hydrogen (secondary N) is 1. The second-order valence-electron chi connectivity index (χ2n) is 9.33. The highest BCUT2D eigenvalue weighted by Gasteiger charge is 2.33. The second-order valence-corrected chi connectivity index (χ2v) is 11.1. The van der Waals surface area contributed by atoms with Crippen molar-refractivity contribution in [2.75, 3.05) is 7.05 Å². The topological polar surface area (TPSA) is 21.3 Å². The van der Waals surface area contributed by atoms with Crippen LogP contribution in [0.1, 0.15) is 54.5 Å². The third-order valence-electron chi connectivity index (χ3n) is 7.04. The van der Waals surface area contributed by atoms with Crippen molar-refractivity contribution >= 4 is 13.9 Å². The lowest BCUT2D eigenvalue weighted by Crippen LogP contribution is -2.25. The Morgan fingerprint density at radius 2 is 1.31 bits per heavy atom. The molecule has 0 saturated carbocycles. The fourth-order valence-corrected chi connectivity index (χ4v) is 6.65. The number of para-hydroxylation sites is 1. The zero-order chi connectivity index (χ0) is 25.2. The van der Waals surface area contributed by atoms with Crippen molar-refractivity contribution in [2.24, 2.45) is 0 Å². The van der Waals surface area contributed by atoms with Crippen LogP contribution in [0.4, 0.5) is 0 Å². The third-order valence-corrected chi connectivity index (χ3v) is 9.25. The zero-order valence-electron chi connectivity index (χ0n) is 21.8. The molecule has 0 aromatic heterocycles. The highest BCUT2D eigenvalue weighted by atomic mass is 31.1. The number of ether oxygens (including phenoxy) is 1. The van der Waals surface area contributed by atoms with E-state index in [2.05, 4.69) is 122 Å². The summed E-state index contributed by atoms with van der Waals surface area (Å²) < 4.78 is 6.74. The highest BCUT2D eigenvalue weighted by Crippen LogP contribution is 2.51. The van der Waals surface area contributed by atoms with Crippen molar-refractivity contribution < 1.29 is 4.74 Å². The molecule has 3 heteroatoms. The maximum atomic E-state index is 6.74. The molecule has 186 valence electrons. The second kappa shape index (κ2) is 12.9. The molecule has 0 aliphatic carbocycles. The van der Waals surface area contributed by atoms with Crippen LogP contribution in [0.3, 0.4) is 0 Å². The number of hydrogen-bond donors (Lipinski definition) is 1. The van der Waals surface area contributed by atoms with Crippen LogP contribution < -0.4 is 15.4 Å². The van der Waals surface area contributed by atoms with E-state index in [1.54, 1.807) is 0 Å². The molecule has 0 aliphatic rings. The average Bonchev–Trinajstić information content (AvgIpc) is 2.93. The lowest BCUT2D eigenvalue weighted by atomic mass is 9.89. The first-order valence-electron chi connectivity index (χ1n) is 13.0. The van der Waals surface area contributed by atoms with Crippen LogP contribution in [0, 0.1) is 0 Å². The van der Waals surface area contributed by atoms with Crippen LogP contribution in [0.5, 0.6) is 5.75 Å². The minimum Gasteiger partial charge on any atom is -0.488 e. The van der Waals surface area contributed by atoms with E-state index in [9.17, 15) is 0 Å². The molecule has 0 amide bonds. The fraction of sp³-hybridized carbons (Fsp3) is 0.273. The molecule has 1 atom stereocenters. The summed E-state index contributed by atoms with van der Waals surface area (Å²) in [7, 11) is 2.69. The summed E-state index contributed by atoms with van der Waals surface area (Å²) in [6.07, 6.45) is 2.99. The number of rotatable bonds is 12. The first-order valence-corrected chi connectivity index (χ1v) is 14.0. The van der Waals surface area contributed by atoms with Gasteiger partial charge in [-0.15, -0.1) is 0 Å². The monoisotopic (exact) mass is 495 g/mol. The van der Waals surface area contributed by atoms with Gasteiger partial charge in [-0.2, -0.15) is 0 Å². The molecule has 1 N–H and O–H groups in total. The summed E-state index contributed by atoms with van der Waals surface area (Å²) in [4.78, 5) is 0. The summed E-state index contributed by atoms with van der Waals surface area (Å²) in [5.74, 6) is 1.06. The van der Waals surface area contributed by atoms with Gasteiger partial charge in [-0.25, -0.2) is 0 Å². The van der Waals surface area contributed by atoms with Crippen molar-refractivity contribution in [3.05, 3.63) is 131 Å². The summed E-state index contributed by atoms with van der Waals surface area (Å²) in [5, 5.41) is 4.81. The van der Waals surface area contributed by atoms with Crippen LogP contribution in [-0.4, -0.2) is 7.05 Å². The van der Waals surface area contributed by atoms with E-state index < -0.39 is 0 Å². The van der Waals surface area contributed by atoms with Gasteiger partial charge < -0.3 is 10.1 Å². The Labute approximate surface area is 218 Å². The van der Waals surface area contributed by atoms with Crippen LogP contribution in [0.25, 0.3) is 0 Å². The Bertz CT molecular complexity index is 1220. The van der Waals surface area contributed by atoms with Crippen molar-refractivity contribution in [1.29, 1.82) is 0 Å². The van der Waals surface area contributed by atoms with Crippen molar-refractivity contribution in [3.63, 3.8) is 0 Å². The van der Waals surface area contributed by atoms with Crippen LogP contribution in [0.15, 0.2) is 103 Å². The van der Waals surface area contributed by atoms with E-state index in [0.717, 1.165) is 31.6 Å². The molecule has 2 nitrogen and oxygen atoms in total. The van der Waals surface area contributed by atoms with Gasteiger partial charge in [-0.05, 0) is 47.4 Å². The minimum atomic E-state index is 0.0164. The molecule has 0 bridgehead atoms. The quantitative estimate of drug-likeness (QED) is 0.204. The molecule has 0 heterocycles. The van der Waals surface area contributed by atoms with Gasteiger partial charge in [-0.3, -0.25) is 0 Å². The van der Waals surface area contributed by atoms with Gasteiger partial charge in [0, 0.05) is 23.7 Å². The molecule has 0 saturated heterocycles. The molecule has 0 aliphatic heterocycles. The van der Waals surface area contributed by atoms with E-state index in [0.29, 0.717) is 15.2 Å². The van der Waals surface area contributed by atoms with E-state index in [4.69, 9.17) is 4.74 Å². The summed E-state index contributed by atoms with van der Waals surface area (Å²) in [5.41, 5.74) is 6.48. The van der Waals surface area contributed by atoms with Gasteiger partial charge in [-0.1, -0.05) is 126 Å². The molecule has 36 heavy (non-hydrogen) atoms. The summed E-state index contributed by atoms with van der Waals surface area (Å²) >= 11 is 0. The van der Waals surface area contributed by atoms with Crippen molar-refractivity contribution in [1.82, 2.24) is 5.32 Å². The van der Waals surface area contributed by atoms with Gasteiger partial charge in [0.25, 0.3) is 0 Å². The molecule has 4 aromatic rings. The largest absolute Gasteiger partial charge is 0.488 e. The lowest BCUT2D eigenvalue weighted by molar-refractivity contribution is 0.295. The standard InChI is InChI=1S/C33H38NOP/c1-4-33(5-2,36-31-22-13-12-19-29(31)24-34-3)30-21-14-20-28(23-26-15-8-6-9-16-26)32(30)35-25-27-17-10-7-11-18-27/h6-22,34,36H,4-5,23-25H2,1-3H3. The van der Waals surface area contributed by atoms with Crippen LogP contribution in [-0.2, 0) is 24.7 Å². The molecular weight excluding hydrogens is 457 g/mol. The Kier molecular flexibility index (Phi) is 9.34. The zero-order valence-corrected chi connectivity index (χ0v) is 22.8. The fourth-order valence-electron chi connectivity index (χ4n) is 4.94. The number of hydrogen-bond acceptors (Lipinski definition) is 2. The Balaban J connectivity index is 1.78. The van der Waals surface area contributed by atoms with E-state index in [1.807, 2.05) is 7.05 Å². The molecule has 0 spiro atoms. The Morgan fingerprint density at radius 1 is 0.694 bits per heavy atom. The predicted octanol–water partition coefficient (Wildman–Crippen LogP) is 7.60. The third kappa shape index (κ3) is 6.25. The normalized spacial score (nSPS) is 11.8. The average molecular weight is 496 g/mol. The van der Waals surface area contributed by atoms with E-state index in [1.165, 1.54) is 33.1 Å². The molecule has 4 aromatic carbocycles. The van der Waals surface area contributed by atoms with Gasteiger partial charge in [0.05, 0.1) is 0 Å². The van der Waals surface area contributed by atoms with Gasteiger partial charge in [0.2, 0.25) is 0 Å². The smallest absolute Gasteiger partial charge is 0.127 e. The molecule has 0 fully saturated rings. The lowest BCUT2D eigenvalue weighted by Gasteiger charge is -2.35. The summed E-state index contributed by atoms with van der Waals surface area (Å²) in [6, 6.07) is 36.9. The molecular formula is C33H38NOP. The van der Waals surface area contributed by atoms with Gasteiger partial charge in [0.15, 0.2) is 0 Å². The molecule has 1 unspecified atom stereocenters. The Hall–Kier alpha value is -2.93. The molecule has 4 rings (SSSR count). The van der Waals surface area contributed by atoms with Crippen molar-refractivity contribution in [2.45, 2.75) is 51.4 Å². The summed E-state index contributed by atoms with van der Waals surface area (Å²) in [6.45, 7) is 6.13. The maximum Gasteiger partial charge on any atom is 0.127 e. The Morgan fingerprint density at radius 3 is 1.97 bits per heavy atom. The molecule has 0 radical (unpaired) electrons. The minimum absolute atomic E-state index is 0.0164. The first kappa shape index (κ1) is 26.1.